The fourth-order valence-corrected chi connectivity index (χ4v) is 1.53. The van der Waals surface area contributed by atoms with E-state index in [2.05, 4.69) is 5.32 Å². The number of hydrogen-bond donors (Lipinski definition) is 2. The molecule has 1 aromatic carbocycles. The third-order valence-electron chi connectivity index (χ3n) is 2.72. The molecule has 4 nitrogen and oxygen atoms in total. The summed E-state index contributed by atoms with van der Waals surface area (Å²) in [5, 5.41) is 2.83. The summed E-state index contributed by atoms with van der Waals surface area (Å²) in [4.78, 5) is 12.1. The van der Waals surface area contributed by atoms with Crippen molar-refractivity contribution in [3.63, 3.8) is 0 Å². The highest BCUT2D eigenvalue weighted by atomic mass is 16.5. The van der Waals surface area contributed by atoms with Crippen molar-refractivity contribution in [2.24, 2.45) is 11.1 Å². The Hall–Kier alpha value is -1.55. The van der Waals surface area contributed by atoms with Crippen molar-refractivity contribution < 1.29 is 9.53 Å². The molecule has 19 heavy (non-hydrogen) atoms. The van der Waals surface area contributed by atoms with Gasteiger partial charge in [0.15, 0.2) is 0 Å². The van der Waals surface area contributed by atoms with Gasteiger partial charge in [-0.25, -0.2) is 0 Å². The van der Waals surface area contributed by atoms with E-state index in [-0.39, 0.29) is 17.4 Å². The Balaban J connectivity index is 2.85. The molecule has 0 aliphatic heterocycles. The first-order valence-electron chi connectivity index (χ1n) is 6.54. The molecule has 0 spiro atoms. The summed E-state index contributed by atoms with van der Waals surface area (Å²) in [7, 11) is 0. The van der Waals surface area contributed by atoms with Crippen molar-refractivity contribution >= 4 is 11.6 Å². The van der Waals surface area contributed by atoms with Crippen molar-refractivity contribution in [2.75, 3.05) is 5.32 Å². The van der Waals surface area contributed by atoms with Crippen LogP contribution in [0.3, 0.4) is 0 Å². The van der Waals surface area contributed by atoms with Gasteiger partial charge in [-0.05, 0) is 31.4 Å². The quantitative estimate of drug-likeness (QED) is 0.879. The van der Waals surface area contributed by atoms with Gasteiger partial charge in [-0.15, -0.1) is 0 Å². The summed E-state index contributed by atoms with van der Waals surface area (Å²) in [5.74, 6) is 0.458. The smallest absolute Gasteiger partial charge is 0.241 e. The number of nitrogens with two attached hydrogens (primary N) is 1. The first kappa shape index (κ1) is 15.5. The molecule has 0 bridgehead atoms. The van der Waals surface area contributed by atoms with Crippen LogP contribution in [0, 0.1) is 5.41 Å². The third-order valence-corrected chi connectivity index (χ3v) is 2.72. The van der Waals surface area contributed by atoms with Crippen LogP contribution in [-0.2, 0) is 4.79 Å². The van der Waals surface area contributed by atoms with Gasteiger partial charge >= 0.3 is 0 Å². The van der Waals surface area contributed by atoms with Crippen LogP contribution < -0.4 is 15.8 Å². The number of rotatable bonds is 4. The minimum absolute atomic E-state index is 0.0503. The Kier molecular flexibility index (Phi) is 4.95. The zero-order valence-electron chi connectivity index (χ0n) is 12.4. The summed E-state index contributed by atoms with van der Waals surface area (Å²) in [6.07, 6.45) is 0.0503. The van der Waals surface area contributed by atoms with Crippen molar-refractivity contribution in [1.29, 1.82) is 0 Å². The first-order valence-corrected chi connectivity index (χ1v) is 6.54. The van der Waals surface area contributed by atoms with E-state index in [1.54, 1.807) is 0 Å². The number of nitrogens with one attached hydrogen (secondary N) is 1. The van der Waals surface area contributed by atoms with Gasteiger partial charge < -0.3 is 15.8 Å². The molecule has 1 amide bonds. The lowest BCUT2D eigenvalue weighted by Gasteiger charge is -2.26. The predicted molar refractivity (Wildman–Crippen MR) is 78.3 cm³/mol. The second-order valence-electron chi connectivity index (χ2n) is 6.00. The maximum atomic E-state index is 12.1. The normalized spacial score (nSPS) is 13.2. The van der Waals surface area contributed by atoms with Crippen molar-refractivity contribution in [1.82, 2.24) is 0 Å². The number of anilines is 1. The second-order valence-corrected chi connectivity index (χ2v) is 6.00. The summed E-state index contributed by atoms with van der Waals surface area (Å²) < 4.78 is 5.66. The van der Waals surface area contributed by atoms with Gasteiger partial charge in [0.1, 0.15) is 5.75 Å². The van der Waals surface area contributed by atoms with Crippen LogP contribution in [0.2, 0.25) is 0 Å². The lowest BCUT2D eigenvalue weighted by atomic mass is 9.87. The van der Waals surface area contributed by atoms with Crippen LogP contribution >= 0.6 is 0 Å². The van der Waals surface area contributed by atoms with Crippen LogP contribution in [0.5, 0.6) is 5.75 Å². The fraction of sp³-hybridized carbons (Fsp3) is 0.533. The van der Waals surface area contributed by atoms with Crippen LogP contribution in [0.4, 0.5) is 5.69 Å². The number of carbonyl (C=O) groups excluding carboxylic acids is 1. The van der Waals surface area contributed by atoms with Gasteiger partial charge in [0.25, 0.3) is 0 Å². The highest BCUT2D eigenvalue weighted by Gasteiger charge is 2.27. The number of carbonyl (C=O) groups is 1. The molecular weight excluding hydrogens is 240 g/mol. The van der Waals surface area contributed by atoms with Crippen molar-refractivity contribution in [3.05, 3.63) is 24.3 Å². The number of benzene rings is 1. The van der Waals surface area contributed by atoms with Crippen molar-refractivity contribution in [3.8, 4) is 5.75 Å². The molecular formula is C15H24N2O2. The van der Waals surface area contributed by atoms with Crippen LogP contribution in [0.25, 0.3) is 0 Å². The number of ether oxygens (including phenoxy) is 1. The van der Waals surface area contributed by atoms with Gasteiger partial charge in [0, 0.05) is 0 Å². The van der Waals surface area contributed by atoms with Gasteiger partial charge in [-0.1, -0.05) is 32.9 Å². The van der Waals surface area contributed by atoms with Gasteiger partial charge in [0.05, 0.1) is 17.8 Å². The van der Waals surface area contributed by atoms with E-state index in [9.17, 15) is 4.79 Å². The molecule has 0 radical (unpaired) electrons. The summed E-state index contributed by atoms with van der Waals surface area (Å²) in [5.41, 5.74) is 6.31. The molecule has 1 aromatic rings. The Morgan fingerprint density at radius 1 is 1.26 bits per heavy atom. The van der Waals surface area contributed by atoms with E-state index >= 15 is 0 Å². The average molecular weight is 264 g/mol. The molecule has 0 saturated heterocycles. The topological polar surface area (TPSA) is 64.3 Å². The van der Waals surface area contributed by atoms with Crippen LogP contribution in [0.15, 0.2) is 24.3 Å². The molecule has 3 N–H and O–H groups in total. The van der Waals surface area contributed by atoms with E-state index in [0.29, 0.717) is 11.4 Å². The van der Waals surface area contributed by atoms with Gasteiger partial charge in [0.2, 0.25) is 5.91 Å². The molecule has 1 atom stereocenters. The van der Waals surface area contributed by atoms with Gasteiger partial charge in [-0.3, -0.25) is 4.79 Å². The minimum Gasteiger partial charge on any atom is -0.489 e. The van der Waals surface area contributed by atoms with Crippen LogP contribution in [-0.4, -0.2) is 18.1 Å². The highest BCUT2D eigenvalue weighted by molar-refractivity contribution is 5.96. The SMILES string of the molecule is CC(C)Oc1ccccc1NC(=O)[C@@H](N)C(C)(C)C. The predicted octanol–water partition coefficient (Wildman–Crippen LogP) is 2.79. The largest absolute Gasteiger partial charge is 0.489 e. The van der Waals surface area contributed by atoms with E-state index < -0.39 is 6.04 Å². The fourth-order valence-electron chi connectivity index (χ4n) is 1.53. The van der Waals surface area contributed by atoms with Gasteiger partial charge in [-0.2, -0.15) is 0 Å². The van der Waals surface area contributed by atoms with E-state index in [0.717, 1.165) is 0 Å². The number of amides is 1. The third kappa shape index (κ3) is 4.56. The highest BCUT2D eigenvalue weighted by Crippen LogP contribution is 2.26. The van der Waals surface area contributed by atoms with Crippen LogP contribution in [0.1, 0.15) is 34.6 Å². The lowest BCUT2D eigenvalue weighted by Crippen LogP contribution is -2.45. The second kappa shape index (κ2) is 6.06. The summed E-state index contributed by atoms with van der Waals surface area (Å²) in [6, 6.07) is 6.80. The molecule has 0 aliphatic carbocycles. The molecule has 1 rings (SSSR count). The Morgan fingerprint density at radius 3 is 2.37 bits per heavy atom. The Labute approximate surface area is 115 Å². The summed E-state index contributed by atoms with van der Waals surface area (Å²) >= 11 is 0. The molecule has 0 unspecified atom stereocenters. The molecule has 0 heterocycles. The maximum Gasteiger partial charge on any atom is 0.241 e. The molecule has 0 aliphatic rings. The Bertz CT molecular complexity index is 436. The molecule has 0 aromatic heterocycles. The summed E-state index contributed by atoms with van der Waals surface area (Å²) in [6.45, 7) is 9.70. The lowest BCUT2D eigenvalue weighted by molar-refractivity contribution is -0.119. The van der Waals surface area contributed by atoms with E-state index in [1.807, 2.05) is 58.9 Å². The maximum absolute atomic E-state index is 12.1. The monoisotopic (exact) mass is 264 g/mol. The average Bonchev–Trinajstić information content (AvgIpc) is 2.28. The molecule has 106 valence electrons. The zero-order chi connectivity index (χ0) is 14.6. The standard InChI is InChI=1S/C15H24N2O2/c1-10(2)19-12-9-7-6-8-11(12)17-14(18)13(16)15(3,4)5/h6-10,13H,16H2,1-5H3,(H,17,18)/t13-/m1/s1. The number of para-hydroxylation sites is 2. The van der Waals surface area contributed by atoms with Crippen molar-refractivity contribution in [2.45, 2.75) is 46.8 Å². The number of hydrogen-bond acceptors (Lipinski definition) is 3. The Morgan fingerprint density at radius 2 is 1.84 bits per heavy atom. The van der Waals surface area contributed by atoms with E-state index in [1.165, 1.54) is 0 Å². The van der Waals surface area contributed by atoms with E-state index in [4.69, 9.17) is 10.5 Å². The molecule has 0 saturated carbocycles. The zero-order valence-corrected chi connectivity index (χ0v) is 12.4. The minimum atomic E-state index is -0.570. The molecule has 0 fully saturated rings. The first-order chi connectivity index (χ1) is 8.71. The molecule has 4 heteroatoms.